The van der Waals surface area contributed by atoms with E-state index in [2.05, 4.69) is 25.6 Å². The summed E-state index contributed by atoms with van der Waals surface area (Å²) in [7, 11) is 1.40. The maximum atomic E-state index is 11.3. The fourth-order valence-corrected chi connectivity index (χ4v) is 2.89. The fraction of sp³-hybridized carbons (Fsp3) is 0.909. The first-order valence-electron chi connectivity index (χ1n) is 5.87. The van der Waals surface area contributed by atoms with Crippen LogP contribution in [-0.4, -0.2) is 61.4 Å². The van der Waals surface area contributed by atoms with Gasteiger partial charge in [-0.05, 0) is 0 Å². The maximum absolute atomic E-state index is 11.3. The van der Waals surface area contributed by atoms with Crippen LogP contribution in [0.2, 0.25) is 0 Å². The number of nitrogens with zero attached hydrogens (tertiary/aromatic N) is 1. The number of esters is 1. The van der Waals surface area contributed by atoms with E-state index in [1.54, 1.807) is 0 Å². The van der Waals surface area contributed by atoms with Gasteiger partial charge in [0.15, 0.2) is 5.79 Å². The van der Waals surface area contributed by atoms with Crippen molar-refractivity contribution >= 4 is 21.9 Å². The molecule has 2 saturated heterocycles. The van der Waals surface area contributed by atoms with Gasteiger partial charge in [0.2, 0.25) is 0 Å². The minimum atomic E-state index is -0.344. The molecule has 0 bridgehead atoms. The molecule has 1 spiro atoms. The number of likely N-dealkylation sites (tertiary alicyclic amines) is 1. The second-order valence-corrected chi connectivity index (χ2v) is 5.50. The lowest BCUT2D eigenvalue weighted by Gasteiger charge is -2.37. The van der Waals surface area contributed by atoms with E-state index in [-0.39, 0.29) is 16.6 Å². The van der Waals surface area contributed by atoms with E-state index in [1.807, 2.05) is 0 Å². The molecule has 2 aliphatic heterocycles. The molecule has 0 radical (unpaired) electrons. The lowest BCUT2D eigenvalue weighted by atomic mass is 10.0. The molecule has 17 heavy (non-hydrogen) atoms. The zero-order valence-electron chi connectivity index (χ0n) is 9.99. The first-order valence-corrected chi connectivity index (χ1v) is 6.79. The molecule has 2 fully saturated rings. The standard InChI is InChI=1S/C11H18BrNO4/c1-15-10(14)9(12)8-13-4-2-11(3-5-13)16-6-7-17-11/h9H,2-8H2,1H3. The summed E-state index contributed by atoms with van der Waals surface area (Å²) in [5, 5.41) is 0. The van der Waals surface area contributed by atoms with E-state index in [1.165, 1.54) is 7.11 Å². The Bertz CT molecular complexity index is 271. The van der Waals surface area contributed by atoms with Gasteiger partial charge < -0.3 is 19.1 Å². The van der Waals surface area contributed by atoms with E-state index in [0.717, 1.165) is 25.9 Å². The molecule has 1 unspecified atom stereocenters. The molecule has 98 valence electrons. The average molecular weight is 308 g/mol. The molecule has 5 nitrogen and oxygen atoms in total. The van der Waals surface area contributed by atoms with Crippen LogP contribution in [0, 0.1) is 0 Å². The summed E-state index contributed by atoms with van der Waals surface area (Å²) in [5.41, 5.74) is 0. The minimum Gasteiger partial charge on any atom is -0.468 e. The largest absolute Gasteiger partial charge is 0.468 e. The highest BCUT2D eigenvalue weighted by Crippen LogP contribution is 2.31. The van der Waals surface area contributed by atoms with Crippen LogP contribution >= 0.6 is 15.9 Å². The third-order valence-electron chi connectivity index (χ3n) is 3.31. The summed E-state index contributed by atoms with van der Waals surface area (Å²) in [6, 6.07) is 0. The predicted molar refractivity (Wildman–Crippen MR) is 65.0 cm³/mol. The molecule has 0 amide bonds. The number of rotatable bonds is 3. The summed E-state index contributed by atoms with van der Waals surface area (Å²) in [4.78, 5) is 13.3. The molecule has 0 aromatic heterocycles. The van der Waals surface area contributed by atoms with E-state index in [0.29, 0.717) is 19.8 Å². The van der Waals surface area contributed by atoms with Gasteiger partial charge in [0.05, 0.1) is 20.3 Å². The average Bonchev–Trinajstić information content (AvgIpc) is 2.80. The van der Waals surface area contributed by atoms with Gasteiger partial charge in [0.25, 0.3) is 0 Å². The van der Waals surface area contributed by atoms with Gasteiger partial charge >= 0.3 is 5.97 Å². The Morgan fingerprint density at radius 1 is 1.41 bits per heavy atom. The maximum Gasteiger partial charge on any atom is 0.320 e. The number of alkyl halides is 1. The third kappa shape index (κ3) is 3.19. The van der Waals surface area contributed by atoms with E-state index in [4.69, 9.17) is 9.47 Å². The minimum absolute atomic E-state index is 0.223. The highest BCUT2D eigenvalue weighted by molar-refractivity contribution is 9.10. The van der Waals surface area contributed by atoms with Crippen molar-refractivity contribution in [1.82, 2.24) is 4.90 Å². The molecule has 0 saturated carbocycles. The molecule has 6 heteroatoms. The lowest BCUT2D eigenvalue weighted by molar-refractivity contribution is -0.185. The number of carbonyl (C=O) groups excluding carboxylic acids is 1. The van der Waals surface area contributed by atoms with Gasteiger partial charge in [-0.2, -0.15) is 0 Å². The van der Waals surface area contributed by atoms with Crippen molar-refractivity contribution in [3.05, 3.63) is 0 Å². The van der Waals surface area contributed by atoms with Gasteiger partial charge in [0.1, 0.15) is 4.83 Å². The van der Waals surface area contributed by atoms with Crippen molar-refractivity contribution in [1.29, 1.82) is 0 Å². The van der Waals surface area contributed by atoms with Gasteiger partial charge in [-0.25, -0.2) is 0 Å². The van der Waals surface area contributed by atoms with Crippen LogP contribution in [0.5, 0.6) is 0 Å². The Labute approximate surface area is 110 Å². The quantitative estimate of drug-likeness (QED) is 0.569. The molecule has 2 rings (SSSR count). The zero-order chi connectivity index (χ0) is 12.3. The SMILES string of the molecule is COC(=O)C(Br)CN1CCC2(CC1)OCCO2. The van der Waals surface area contributed by atoms with Gasteiger partial charge in [-0.3, -0.25) is 4.79 Å². The second-order valence-electron chi connectivity index (χ2n) is 4.40. The lowest BCUT2D eigenvalue weighted by Crippen LogP contribution is -2.47. The highest BCUT2D eigenvalue weighted by Gasteiger charge is 2.40. The van der Waals surface area contributed by atoms with E-state index < -0.39 is 0 Å². The Morgan fingerprint density at radius 2 is 2.00 bits per heavy atom. The Morgan fingerprint density at radius 3 is 2.53 bits per heavy atom. The molecular formula is C11H18BrNO4. The summed E-state index contributed by atoms with van der Waals surface area (Å²) < 4.78 is 16.0. The number of piperidine rings is 1. The second kappa shape index (κ2) is 5.65. The Kier molecular flexibility index (Phi) is 4.41. The first kappa shape index (κ1) is 13.3. The monoisotopic (exact) mass is 307 g/mol. The summed E-state index contributed by atoms with van der Waals surface area (Å²) in [6.07, 6.45) is 1.74. The Balaban J connectivity index is 1.77. The number of carbonyl (C=O) groups is 1. The number of methoxy groups -OCH3 is 1. The normalized spacial score (nSPS) is 26.0. The van der Waals surface area contributed by atoms with Crippen LogP contribution in [0.1, 0.15) is 12.8 Å². The number of halogens is 1. The summed E-state index contributed by atoms with van der Waals surface area (Å²) >= 11 is 3.34. The van der Waals surface area contributed by atoms with Crippen LogP contribution in [-0.2, 0) is 19.0 Å². The van der Waals surface area contributed by atoms with Gasteiger partial charge in [-0.1, -0.05) is 15.9 Å². The van der Waals surface area contributed by atoms with Crippen LogP contribution in [0.15, 0.2) is 0 Å². The van der Waals surface area contributed by atoms with Crippen LogP contribution < -0.4 is 0 Å². The van der Waals surface area contributed by atoms with E-state index >= 15 is 0 Å². The van der Waals surface area contributed by atoms with Crippen molar-refractivity contribution < 1.29 is 19.0 Å². The molecular weight excluding hydrogens is 290 g/mol. The molecule has 0 N–H and O–H groups in total. The van der Waals surface area contributed by atoms with Gasteiger partial charge in [0, 0.05) is 32.5 Å². The van der Waals surface area contributed by atoms with Crippen molar-refractivity contribution in [3.8, 4) is 0 Å². The van der Waals surface area contributed by atoms with E-state index in [9.17, 15) is 4.79 Å². The summed E-state index contributed by atoms with van der Waals surface area (Å²) in [6.45, 7) is 3.84. The van der Waals surface area contributed by atoms with Gasteiger partial charge in [-0.15, -0.1) is 0 Å². The number of ether oxygens (including phenoxy) is 3. The number of hydrogen-bond donors (Lipinski definition) is 0. The molecule has 2 heterocycles. The molecule has 1 atom stereocenters. The van der Waals surface area contributed by atoms with Crippen LogP contribution in [0.4, 0.5) is 0 Å². The molecule has 0 aromatic carbocycles. The Hall–Kier alpha value is -0.170. The first-order chi connectivity index (χ1) is 8.15. The third-order valence-corrected chi connectivity index (χ3v) is 3.97. The van der Waals surface area contributed by atoms with Crippen LogP contribution in [0.25, 0.3) is 0 Å². The van der Waals surface area contributed by atoms with Crippen molar-refractivity contribution in [2.24, 2.45) is 0 Å². The van der Waals surface area contributed by atoms with Crippen LogP contribution in [0.3, 0.4) is 0 Å². The number of hydrogen-bond acceptors (Lipinski definition) is 5. The van der Waals surface area contributed by atoms with Crippen molar-refractivity contribution in [2.75, 3.05) is 40.0 Å². The zero-order valence-corrected chi connectivity index (χ0v) is 11.6. The molecule has 0 aromatic rings. The molecule has 0 aliphatic carbocycles. The smallest absolute Gasteiger partial charge is 0.320 e. The molecule has 2 aliphatic rings. The fourth-order valence-electron chi connectivity index (χ4n) is 2.29. The van der Waals surface area contributed by atoms with Crippen molar-refractivity contribution in [3.63, 3.8) is 0 Å². The van der Waals surface area contributed by atoms with Crippen molar-refractivity contribution in [2.45, 2.75) is 23.5 Å². The highest BCUT2D eigenvalue weighted by atomic mass is 79.9. The topological polar surface area (TPSA) is 48.0 Å². The summed E-state index contributed by atoms with van der Waals surface area (Å²) in [5.74, 6) is -0.567. The predicted octanol–water partition coefficient (Wildman–Crippen LogP) is 0.762.